The Labute approximate surface area is 180 Å². The Morgan fingerprint density at radius 3 is 2.39 bits per heavy atom. The van der Waals surface area contributed by atoms with Crippen molar-refractivity contribution >= 4 is 32.5 Å². The summed E-state index contributed by atoms with van der Waals surface area (Å²) in [5.74, 6) is -0.874. The maximum Gasteiger partial charge on any atom is 0.256 e. The predicted octanol–water partition coefficient (Wildman–Crippen LogP) is 2.87. The number of nitrogens with zero attached hydrogens (tertiary/aromatic N) is 3. The number of likely N-dealkylation sites (N-methyl/N-ethyl adjacent to an activating group) is 1. The van der Waals surface area contributed by atoms with Gasteiger partial charge in [-0.05, 0) is 62.5 Å². The lowest BCUT2D eigenvalue weighted by molar-refractivity contribution is 0.102. The molecule has 2 aromatic carbocycles. The van der Waals surface area contributed by atoms with Crippen molar-refractivity contribution in [1.82, 2.24) is 14.2 Å². The van der Waals surface area contributed by atoms with Gasteiger partial charge in [0, 0.05) is 42.9 Å². The molecule has 1 aliphatic heterocycles. The molecular weight excluding hydrogens is 419 g/mol. The zero-order valence-electron chi connectivity index (χ0n) is 17.3. The van der Waals surface area contributed by atoms with E-state index in [1.54, 1.807) is 25.1 Å². The van der Waals surface area contributed by atoms with Crippen LogP contribution in [0.4, 0.5) is 10.1 Å². The van der Waals surface area contributed by atoms with Gasteiger partial charge in [-0.1, -0.05) is 0 Å². The summed E-state index contributed by atoms with van der Waals surface area (Å²) in [4.78, 5) is 19.5. The molecule has 1 amide bonds. The SMILES string of the molecule is Cc1cc(C(=O)Nc2ccc(S(=O)(=O)N3CCN(C)CC3)cc2)c2cc(F)ccc2n1. The number of carbonyl (C=O) groups is 1. The first-order valence-electron chi connectivity index (χ1n) is 9.91. The number of hydrogen-bond donors (Lipinski definition) is 1. The van der Waals surface area contributed by atoms with Crippen LogP contribution in [0.5, 0.6) is 0 Å². The molecule has 1 N–H and O–H groups in total. The van der Waals surface area contributed by atoms with Gasteiger partial charge in [0.25, 0.3) is 5.91 Å². The van der Waals surface area contributed by atoms with E-state index < -0.39 is 21.7 Å². The monoisotopic (exact) mass is 442 g/mol. The third-order valence-corrected chi connectivity index (χ3v) is 7.27. The maximum atomic E-state index is 13.7. The van der Waals surface area contributed by atoms with E-state index in [4.69, 9.17) is 0 Å². The summed E-state index contributed by atoms with van der Waals surface area (Å²) in [5.41, 5.74) is 1.91. The van der Waals surface area contributed by atoms with Crippen molar-refractivity contribution in [2.75, 3.05) is 38.5 Å². The summed E-state index contributed by atoms with van der Waals surface area (Å²) < 4.78 is 40.9. The molecule has 7 nitrogen and oxygen atoms in total. The van der Waals surface area contributed by atoms with Gasteiger partial charge in [0.05, 0.1) is 16.0 Å². The van der Waals surface area contributed by atoms with Gasteiger partial charge in [0.15, 0.2) is 0 Å². The van der Waals surface area contributed by atoms with E-state index in [2.05, 4.69) is 15.2 Å². The van der Waals surface area contributed by atoms with E-state index in [1.807, 2.05) is 7.05 Å². The van der Waals surface area contributed by atoms with Crippen LogP contribution >= 0.6 is 0 Å². The van der Waals surface area contributed by atoms with Gasteiger partial charge < -0.3 is 10.2 Å². The summed E-state index contributed by atoms with van der Waals surface area (Å²) in [7, 11) is -1.62. The van der Waals surface area contributed by atoms with E-state index >= 15 is 0 Å². The van der Waals surface area contributed by atoms with Gasteiger partial charge in [0.1, 0.15) is 5.82 Å². The number of sulfonamides is 1. The number of nitrogens with one attached hydrogen (secondary N) is 1. The Bertz CT molecular complexity index is 1240. The predicted molar refractivity (Wildman–Crippen MR) is 117 cm³/mol. The van der Waals surface area contributed by atoms with Crippen LogP contribution in [0.15, 0.2) is 53.4 Å². The molecule has 162 valence electrons. The van der Waals surface area contributed by atoms with Gasteiger partial charge in [-0.15, -0.1) is 0 Å². The number of aromatic nitrogens is 1. The van der Waals surface area contributed by atoms with Crippen LogP contribution in [0.1, 0.15) is 16.1 Å². The lowest BCUT2D eigenvalue weighted by atomic mass is 10.1. The highest BCUT2D eigenvalue weighted by atomic mass is 32.2. The lowest BCUT2D eigenvalue weighted by Crippen LogP contribution is -2.46. The van der Waals surface area contributed by atoms with E-state index in [-0.39, 0.29) is 4.90 Å². The van der Waals surface area contributed by atoms with Crippen LogP contribution in [0.25, 0.3) is 10.9 Å². The van der Waals surface area contributed by atoms with E-state index in [0.29, 0.717) is 54.0 Å². The number of benzene rings is 2. The minimum atomic E-state index is -3.58. The highest BCUT2D eigenvalue weighted by molar-refractivity contribution is 7.89. The third-order valence-electron chi connectivity index (χ3n) is 5.36. The number of aryl methyl sites for hydroxylation is 1. The molecule has 1 saturated heterocycles. The Balaban J connectivity index is 1.55. The molecule has 0 unspecified atom stereocenters. The number of piperazine rings is 1. The smallest absolute Gasteiger partial charge is 0.256 e. The van der Waals surface area contributed by atoms with Crippen LogP contribution in [0.2, 0.25) is 0 Å². The number of anilines is 1. The van der Waals surface area contributed by atoms with E-state index in [1.165, 1.54) is 34.6 Å². The molecule has 0 spiro atoms. The number of pyridine rings is 1. The summed E-state index contributed by atoms with van der Waals surface area (Å²) in [6.45, 7) is 4.03. The number of hydrogen-bond acceptors (Lipinski definition) is 5. The number of rotatable bonds is 4. The van der Waals surface area contributed by atoms with Crippen LogP contribution in [-0.4, -0.2) is 61.7 Å². The molecular formula is C22H23FN4O3S. The van der Waals surface area contributed by atoms with Crippen molar-refractivity contribution in [2.45, 2.75) is 11.8 Å². The summed E-state index contributed by atoms with van der Waals surface area (Å²) in [6, 6.07) is 11.8. The number of fused-ring (bicyclic) bond motifs is 1. The molecule has 31 heavy (non-hydrogen) atoms. The lowest BCUT2D eigenvalue weighted by Gasteiger charge is -2.31. The molecule has 1 aromatic heterocycles. The quantitative estimate of drug-likeness (QED) is 0.672. The second kappa shape index (κ2) is 8.33. The van der Waals surface area contributed by atoms with Crippen LogP contribution < -0.4 is 5.32 Å². The largest absolute Gasteiger partial charge is 0.322 e. The van der Waals surface area contributed by atoms with Gasteiger partial charge in [-0.25, -0.2) is 12.8 Å². The van der Waals surface area contributed by atoms with Crippen molar-refractivity contribution in [3.05, 3.63) is 65.6 Å². The maximum absolute atomic E-state index is 13.7. The average molecular weight is 443 g/mol. The second-order valence-corrected chi connectivity index (χ2v) is 9.60. The Kier molecular flexibility index (Phi) is 5.74. The summed E-state index contributed by atoms with van der Waals surface area (Å²) in [6.07, 6.45) is 0. The fourth-order valence-electron chi connectivity index (χ4n) is 3.60. The number of amides is 1. The fourth-order valence-corrected chi connectivity index (χ4v) is 5.03. The molecule has 2 heterocycles. The standard InChI is InChI=1S/C22H23FN4O3S/c1-15-13-20(19-14-16(23)3-8-21(19)24-15)22(28)25-17-4-6-18(7-5-17)31(29,30)27-11-9-26(2)10-12-27/h3-8,13-14H,9-12H2,1-2H3,(H,25,28). The van der Waals surface area contributed by atoms with Crippen LogP contribution in [0.3, 0.4) is 0 Å². The Hall–Kier alpha value is -2.88. The van der Waals surface area contributed by atoms with Crippen LogP contribution in [0, 0.1) is 12.7 Å². The molecule has 0 bridgehead atoms. The minimum Gasteiger partial charge on any atom is -0.322 e. The van der Waals surface area contributed by atoms with E-state index in [0.717, 1.165) is 0 Å². The van der Waals surface area contributed by atoms with E-state index in [9.17, 15) is 17.6 Å². The minimum absolute atomic E-state index is 0.183. The van der Waals surface area contributed by atoms with Gasteiger partial charge >= 0.3 is 0 Å². The first-order valence-corrected chi connectivity index (χ1v) is 11.3. The van der Waals surface area contributed by atoms with Crippen molar-refractivity contribution in [2.24, 2.45) is 0 Å². The molecule has 4 rings (SSSR count). The number of carbonyl (C=O) groups excluding carboxylic acids is 1. The Morgan fingerprint density at radius 1 is 1.03 bits per heavy atom. The number of halogens is 1. The molecule has 9 heteroatoms. The molecule has 0 aliphatic carbocycles. The zero-order valence-corrected chi connectivity index (χ0v) is 18.1. The summed E-state index contributed by atoms with van der Waals surface area (Å²) in [5, 5.41) is 3.17. The highest BCUT2D eigenvalue weighted by Gasteiger charge is 2.27. The second-order valence-electron chi connectivity index (χ2n) is 7.66. The average Bonchev–Trinajstić information content (AvgIpc) is 2.74. The summed E-state index contributed by atoms with van der Waals surface area (Å²) >= 11 is 0. The molecule has 0 atom stereocenters. The van der Waals surface area contributed by atoms with Crippen molar-refractivity contribution in [1.29, 1.82) is 0 Å². The third kappa shape index (κ3) is 4.43. The molecule has 0 radical (unpaired) electrons. The molecule has 0 saturated carbocycles. The Morgan fingerprint density at radius 2 is 1.71 bits per heavy atom. The first-order chi connectivity index (χ1) is 14.7. The van der Waals surface area contributed by atoms with Crippen molar-refractivity contribution < 1.29 is 17.6 Å². The molecule has 1 aliphatic rings. The highest BCUT2D eigenvalue weighted by Crippen LogP contribution is 2.23. The van der Waals surface area contributed by atoms with Crippen molar-refractivity contribution in [3.63, 3.8) is 0 Å². The zero-order chi connectivity index (χ0) is 22.2. The van der Waals surface area contributed by atoms with Crippen LogP contribution in [-0.2, 0) is 10.0 Å². The molecule has 3 aromatic rings. The van der Waals surface area contributed by atoms with Gasteiger partial charge in [-0.3, -0.25) is 9.78 Å². The van der Waals surface area contributed by atoms with Crippen molar-refractivity contribution in [3.8, 4) is 0 Å². The normalized spacial score (nSPS) is 15.8. The van der Waals surface area contributed by atoms with Gasteiger partial charge in [-0.2, -0.15) is 4.31 Å². The fraction of sp³-hybridized carbons (Fsp3) is 0.273. The first kappa shape index (κ1) is 21.4. The van der Waals surface area contributed by atoms with Gasteiger partial charge in [0.2, 0.25) is 10.0 Å². The molecule has 1 fully saturated rings. The topological polar surface area (TPSA) is 82.6 Å².